The molecule has 10 nitrogen and oxygen atoms in total. The Kier molecular flexibility index (Phi) is 17.5. The highest BCUT2D eigenvalue weighted by Crippen LogP contribution is 2.39. The van der Waals surface area contributed by atoms with Gasteiger partial charge in [0.1, 0.15) is 17.6 Å². The van der Waals surface area contributed by atoms with Crippen molar-refractivity contribution in [3.05, 3.63) is 11.6 Å². The predicted molar refractivity (Wildman–Crippen MR) is 213 cm³/mol. The molecule has 3 saturated heterocycles. The van der Waals surface area contributed by atoms with Gasteiger partial charge in [0, 0.05) is 31.7 Å². The fraction of sp³-hybridized carbons (Fsp3) is 0.907. The minimum absolute atomic E-state index is 0.00761. The zero-order chi connectivity index (χ0) is 39.8. The molecule has 3 heterocycles. The molecule has 11 atom stereocenters. The topological polar surface area (TPSA) is 101 Å². The lowest BCUT2D eigenvalue weighted by molar-refractivity contribution is -0.295. The van der Waals surface area contributed by atoms with Crippen molar-refractivity contribution < 1.29 is 33.6 Å². The van der Waals surface area contributed by atoms with Crippen LogP contribution in [0.3, 0.4) is 0 Å². The number of hydrogen-bond donors (Lipinski definition) is 1. The van der Waals surface area contributed by atoms with Gasteiger partial charge in [-0.1, -0.05) is 32.4 Å². The lowest BCUT2D eigenvalue weighted by Crippen LogP contribution is -2.59. The maximum Gasteiger partial charge on any atom is 0.319 e. The summed E-state index contributed by atoms with van der Waals surface area (Å²) in [5.74, 6) is -0.135. The molecule has 0 aromatic heterocycles. The lowest BCUT2D eigenvalue weighted by Gasteiger charge is -2.47. The average Bonchev–Trinajstić information content (AvgIpc) is 3.08. The SMILES string of the molecule is CO[C@]1(C)C[C@@H](C)CN(C)[C@H](CC2CCN(CC[C@@H](C)CCC=C(C)C)CC2)[C@@H](C)OC(=O)C(C)(C)C(=O)[C@H](C)[C@H]1O[C@@H]1O[C@H](C)C[C@H](N(C)C)[C@H]1O. The molecule has 0 aromatic rings. The minimum Gasteiger partial charge on any atom is -0.460 e. The summed E-state index contributed by atoms with van der Waals surface area (Å²) in [7, 11) is 7.68. The minimum atomic E-state index is -1.42. The first kappa shape index (κ1) is 46.0. The Bertz CT molecular complexity index is 1180. The van der Waals surface area contributed by atoms with Gasteiger partial charge in [0.2, 0.25) is 0 Å². The van der Waals surface area contributed by atoms with E-state index in [1.165, 1.54) is 24.8 Å². The molecule has 10 heteroatoms. The molecule has 0 spiro atoms. The lowest BCUT2D eigenvalue weighted by atomic mass is 9.74. The molecule has 0 radical (unpaired) electrons. The maximum absolute atomic E-state index is 14.4. The van der Waals surface area contributed by atoms with Crippen molar-refractivity contribution in [2.75, 3.05) is 54.4 Å². The van der Waals surface area contributed by atoms with Gasteiger partial charge >= 0.3 is 5.97 Å². The van der Waals surface area contributed by atoms with E-state index in [-0.39, 0.29) is 29.9 Å². The molecule has 0 unspecified atom stereocenters. The van der Waals surface area contributed by atoms with Crippen LogP contribution in [0.25, 0.3) is 0 Å². The summed E-state index contributed by atoms with van der Waals surface area (Å²) in [4.78, 5) is 35.4. The van der Waals surface area contributed by atoms with Gasteiger partial charge in [0.25, 0.3) is 0 Å². The summed E-state index contributed by atoms with van der Waals surface area (Å²) in [5.41, 5.74) is -0.941. The number of likely N-dealkylation sites (N-methyl/N-ethyl adjacent to an activating group) is 2. The number of Topliss-reactive ketones (excluding diaryl/α,β-unsaturated/α-hetero) is 1. The predicted octanol–water partition coefficient (Wildman–Crippen LogP) is 6.58. The molecule has 3 aliphatic rings. The van der Waals surface area contributed by atoms with Crippen molar-refractivity contribution in [3.8, 4) is 0 Å². The highest BCUT2D eigenvalue weighted by atomic mass is 16.7. The standard InChI is InChI=1S/C43H79N3O7/c1-28(2)16-15-17-29(3)18-21-46-22-19-34(20-23-46)25-35-33(7)52-41(49)42(8,9)38(48)32(6)39(43(10,50-14)26-30(4)27-45(35)13)53-40-37(47)36(44(11)12)24-31(5)51-40/h16,29-37,39-40,47H,15,17-27H2,1-14H3/t29-,30+,31+,32-,33+,35+,36-,37+,39+,40-,43+/m0/s1. The molecule has 3 aliphatic heterocycles. The number of esters is 1. The molecule has 0 aliphatic carbocycles. The largest absolute Gasteiger partial charge is 0.460 e. The number of ketones is 1. The summed E-state index contributed by atoms with van der Waals surface area (Å²) in [6.07, 6.45) is 7.25. The van der Waals surface area contributed by atoms with Gasteiger partial charge in [-0.2, -0.15) is 0 Å². The van der Waals surface area contributed by atoms with Crippen LogP contribution in [0.4, 0.5) is 0 Å². The van der Waals surface area contributed by atoms with Crippen molar-refractivity contribution >= 4 is 11.8 Å². The molecular formula is C43H79N3O7. The van der Waals surface area contributed by atoms with E-state index < -0.39 is 47.5 Å². The van der Waals surface area contributed by atoms with Crippen molar-refractivity contribution in [1.29, 1.82) is 0 Å². The van der Waals surface area contributed by atoms with Crippen molar-refractivity contribution in [2.24, 2.45) is 29.1 Å². The Labute approximate surface area is 323 Å². The van der Waals surface area contributed by atoms with E-state index in [9.17, 15) is 14.7 Å². The molecule has 0 saturated carbocycles. The first-order chi connectivity index (χ1) is 24.7. The van der Waals surface area contributed by atoms with Gasteiger partial charge in [0.15, 0.2) is 12.1 Å². The maximum atomic E-state index is 14.4. The number of ether oxygens (including phenoxy) is 4. The Morgan fingerprint density at radius 3 is 2.30 bits per heavy atom. The Morgan fingerprint density at radius 2 is 1.72 bits per heavy atom. The summed E-state index contributed by atoms with van der Waals surface area (Å²) in [6.45, 7) is 24.2. The third-order valence-corrected chi connectivity index (χ3v) is 12.8. The molecule has 3 rings (SSSR count). The number of allylic oxidation sites excluding steroid dienone is 2. The van der Waals surface area contributed by atoms with Crippen LogP contribution >= 0.6 is 0 Å². The van der Waals surface area contributed by atoms with Crippen molar-refractivity contribution in [2.45, 2.75) is 169 Å². The van der Waals surface area contributed by atoms with Crippen LogP contribution in [0.15, 0.2) is 11.6 Å². The summed E-state index contributed by atoms with van der Waals surface area (Å²) < 4.78 is 25.5. The number of likely N-dealkylation sites (tertiary alicyclic amines) is 1. The van der Waals surface area contributed by atoms with Crippen LogP contribution in [0, 0.1) is 29.1 Å². The number of carbonyl (C=O) groups excluding carboxylic acids is 2. The van der Waals surface area contributed by atoms with E-state index in [1.807, 2.05) is 46.7 Å². The van der Waals surface area contributed by atoms with Gasteiger partial charge in [0.05, 0.1) is 17.8 Å². The summed E-state index contributed by atoms with van der Waals surface area (Å²) >= 11 is 0. The van der Waals surface area contributed by atoms with E-state index in [2.05, 4.69) is 50.6 Å². The molecule has 0 aromatic carbocycles. The Hall–Kier alpha value is -1.40. The zero-order valence-electron chi connectivity index (χ0n) is 36.2. The van der Waals surface area contributed by atoms with E-state index in [4.69, 9.17) is 18.9 Å². The molecular weight excluding hydrogens is 670 g/mol. The van der Waals surface area contributed by atoms with E-state index >= 15 is 0 Å². The molecule has 0 amide bonds. The number of nitrogens with zero attached hydrogens (tertiary/aromatic N) is 3. The second-order valence-electron chi connectivity index (χ2n) is 18.6. The van der Waals surface area contributed by atoms with Gasteiger partial charge in [-0.15, -0.1) is 0 Å². The van der Waals surface area contributed by atoms with Crippen LogP contribution in [-0.2, 0) is 28.5 Å². The monoisotopic (exact) mass is 750 g/mol. The second kappa shape index (κ2) is 20.1. The number of hydrogen-bond acceptors (Lipinski definition) is 10. The zero-order valence-corrected chi connectivity index (χ0v) is 36.2. The molecule has 0 bridgehead atoms. The van der Waals surface area contributed by atoms with Crippen LogP contribution in [0.5, 0.6) is 0 Å². The highest BCUT2D eigenvalue weighted by molar-refractivity contribution is 6.04. The van der Waals surface area contributed by atoms with Crippen LogP contribution in [0.1, 0.15) is 121 Å². The van der Waals surface area contributed by atoms with Gasteiger partial charge in [-0.05, 0) is 158 Å². The third kappa shape index (κ3) is 12.5. The van der Waals surface area contributed by atoms with Gasteiger partial charge < -0.3 is 33.9 Å². The van der Waals surface area contributed by atoms with Crippen LogP contribution in [-0.4, -0.2) is 134 Å². The second-order valence-corrected chi connectivity index (χ2v) is 18.6. The fourth-order valence-electron chi connectivity index (χ4n) is 9.21. The number of aliphatic hydroxyl groups is 1. The summed E-state index contributed by atoms with van der Waals surface area (Å²) in [5, 5.41) is 11.4. The van der Waals surface area contributed by atoms with E-state index in [1.54, 1.807) is 21.0 Å². The molecule has 1 N–H and O–H groups in total. The first-order valence-corrected chi connectivity index (χ1v) is 20.7. The number of piperidine rings is 1. The molecule has 53 heavy (non-hydrogen) atoms. The van der Waals surface area contributed by atoms with Crippen LogP contribution in [0.2, 0.25) is 0 Å². The first-order valence-electron chi connectivity index (χ1n) is 20.7. The van der Waals surface area contributed by atoms with Crippen molar-refractivity contribution in [3.63, 3.8) is 0 Å². The third-order valence-electron chi connectivity index (χ3n) is 12.8. The molecule has 3 fully saturated rings. The van der Waals surface area contributed by atoms with E-state index in [0.717, 1.165) is 51.4 Å². The van der Waals surface area contributed by atoms with Crippen molar-refractivity contribution in [1.82, 2.24) is 14.7 Å². The number of methoxy groups -OCH3 is 1. The van der Waals surface area contributed by atoms with Gasteiger partial charge in [-0.25, -0.2) is 0 Å². The van der Waals surface area contributed by atoms with Gasteiger partial charge in [-0.3, -0.25) is 14.5 Å². The quantitative estimate of drug-likeness (QED) is 0.134. The van der Waals surface area contributed by atoms with E-state index in [0.29, 0.717) is 18.8 Å². The number of cyclic esters (lactones) is 1. The molecule has 308 valence electrons. The number of carbonyl (C=O) groups is 2. The highest BCUT2D eigenvalue weighted by Gasteiger charge is 2.52. The van der Waals surface area contributed by atoms with Crippen LogP contribution < -0.4 is 0 Å². The smallest absolute Gasteiger partial charge is 0.319 e. The fourth-order valence-corrected chi connectivity index (χ4v) is 9.21. The Balaban J connectivity index is 1.80. The average molecular weight is 750 g/mol. The normalized spacial score (nSPS) is 36.6. The number of aliphatic hydroxyl groups excluding tert-OH is 1. The summed E-state index contributed by atoms with van der Waals surface area (Å²) in [6, 6.07) is -0.164. The Morgan fingerprint density at radius 1 is 1.08 bits per heavy atom. The number of rotatable bonds is 12.